The first-order valence-electron chi connectivity index (χ1n) is 6.72. The third-order valence-corrected chi connectivity index (χ3v) is 4.48. The van der Waals surface area contributed by atoms with Gasteiger partial charge < -0.3 is 14.6 Å². The van der Waals surface area contributed by atoms with Crippen LogP contribution in [0, 0.1) is 5.82 Å². The Kier molecular flexibility index (Phi) is 4.04. The van der Waals surface area contributed by atoms with E-state index in [-0.39, 0.29) is 17.3 Å². The van der Waals surface area contributed by atoms with Crippen LogP contribution in [0.25, 0.3) is 0 Å². The van der Waals surface area contributed by atoms with Crippen molar-refractivity contribution in [1.29, 1.82) is 0 Å². The third kappa shape index (κ3) is 2.68. The highest BCUT2D eigenvalue weighted by Gasteiger charge is 2.32. The van der Waals surface area contributed by atoms with Crippen molar-refractivity contribution in [3.8, 4) is 5.75 Å². The third-order valence-electron chi connectivity index (χ3n) is 3.69. The van der Waals surface area contributed by atoms with Crippen molar-refractivity contribution in [2.75, 3.05) is 6.54 Å². The van der Waals surface area contributed by atoms with E-state index in [9.17, 15) is 19.1 Å². The van der Waals surface area contributed by atoms with Gasteiger partial charge in [-0.05, 0) is 17.7 Å². The number of pyridine rings is 1. The number of aromatic hydroxyl groups is 1. The molecule has 5 nitrogen and oxygen atoms in total. The standard InChI is InChI=1S/C15H11Cl2FN2O3/c16-9-2-1-8(7-10(9)18)14(17)20-6-5-19-4-3-11(21)13(22)12(19)15(20)23/h1-4,7,14,22H,5-6H2. The molecular formula is C15H11Cl2FN2O3. The molecule has 1 N–H and O–H groups in total. The molecule has 1 atom stereocenters. The highest BCUT2D eigenvalue weighted by molar-refractivity contribution is 6.30. The zero-order valence-electron chi connectivity index (χ0n) is 11.7. The predicted molar refractivity (Wildman–Crippen MR) is 83.4 cm³/mol. The molecule has 1 aliphatic heterocycles. The number of aromatic nitrogens is 1. The lowest BCUT2D eigenvalue weighted by atomic mass is 10.1. The van der Waals surface area contributed by atoms with Crippen LogP contribution < -0.4 is 5.43 Å². The van der Waals surface area contributed by atoms with Gasteiger partial charge in [0.1, 0.15) is 11.3 Å². The van der Waals surface area contributed by atoms with Crippen LogP contribution in [0.5, 0.6) is 5.75 Å². The number of rotatable bonds is 2. The first-order valence-corrected chi connectivity index (χ1v) is 7.54. The Balaban J connectivity index is 1.98. The fraction of sp³-hybridized carbons (Fsp3) is 0.200. The number of carbonyl (C=O) groups excluding carboxylic acids is 1. The van der Waals surface area contributed by atoms with Gasteiger partial charge in [-0.25, -0.2) is 4.39 Å². The molecule has 0 radical (unpaired) electrons. The SMILES string of the molecule is O=C1c2c(O)c(=O)ccn2CCN1C(Cl)c1ccc(Cl)c(F)c1. The number of amides is 1. The van der Waals surface area contributed by atoms with Gasteiger partial charge in [-0.1, -0.05) is 29.3 Å². The smallest absolute Gasteiger partial charge is 0.276 e. The second-order valence-electron chi connectivity index (χ2n) is 5.08. The maximum Gasteiger partial charge on any atom is 0.276 e. The number of fused-ring (bicyclic) bond motifs is 1. The first-order chi connectivity index (χ1) is 10.9. The highest BCUT2D eigenvalue weighted by atomic mass is 35.5. The Hall–Kier alpha value is -2.05. The summed E-state index contributed by atoms with van der Waals surface area (Å²) in [5.74, 6) is -1.85. The van der Waals surface area contributed by atoms with Gasteiger partial charge in [0.05, 0.1) is 5.02 Å². The summed E-state index contributed by atoms with van der Waals surface area (Å²) in [6, 6.07) is 5.21. The Morgan fingerprint density at radius 3 is 2.65 bits per heavy atom. The number of nitrogens with zero attached hydrogens (tertiary/aromatic N) is 2. The molecule has 0 spiro atoms. The van der Waals surface area contributed by atoms with Crippen molar-refractivity contribution in [2.45, 2.75) is 12.0 Å². The molecule has 1 aliphatic rings. The maximum absolute atomic E-state index is 13.6. The molecule has 0 fully saturated rings. The monoisotopic (exact) mass is 356 g/mol. The first kappa shape index (κ1) is 15.8. The Bertz CT molecular complexity index is 853. The lowest BCUT2D eigenvalue weighted by molar-refractivity contribution is 0.0671. The molecule has 23 heavy (non-hydrogen) atoms. The summed E-state index contributed by atoms with van der Waals surface area (Å²) in [5.41, 5.74) is -1.36. The number of carbonyl (C=O) groups is 1. The fourth-order valence-corrected chi connectivity index (χ4v) is 2.92. The van der Waals surface area contributed by atoms with Crippen LogP contribution in [0.1, 0.15) is 21.6 Å². The van der Waals surface area contributed by atoms with Crippen LogP contribution >= 0.6 is 23.2 Å². The highest BCUT2D eigenvalue weighted by Crippen LogP contribution is 2.31. The summed E-state index contributed by atoms with van der Waals surface area (Å²) in [5, 5.41) is 9.82. The van der Waals surface area contributed by atoms with Crippen molar-refractivity contribution in [2.24, 2.45) is 0 Å². The van der Waals surface area contributed by atoms with Gasteiger partial charge in [-0.15, -0.1) is 0 Å². The zero-order chi connectivity index (χ0) is 16.7. The van der Waals surface area contributed by atoms with Crippen LogP contribution in [0.15, 0.2) is 35.3 Å². The van der Waals surface area contributed by atoms with Gasteiger partial charge in [0, 0.05) is 25.4 Å². The van der Waals surface area contributed by atoms with Crippen molar-refractivity contribution in [3.05, 3.63) is 62.8 Å². The minimum absolute atomic E-state index is 0.0443. The molecule has 0 saturated carbocycles. The van der Waals surface area contributed by atoms with Crippen molar-refractivity contribution in [1.82, 2.24) is 9.47 Å². The van der Waals surface area contributed by atoms with Gasteiger partial charge >= 0.3 is 0 Å². The van der Waals surface area contributed by atoms with Crippen molar-refractivity contribution >= 4 is 29.1 Å². The van der Waals surface area contributed by atoms with E-state index in [1.54, 1.807) is 0 Å². The molecule has 0 aliphatic carbocycles. The average Bonchev–Trinajstić information content (AvgIpc) is 2.53. The molecule has 3 rings (SSSR count). The molecule has 0 bridgehead atoms. The molecular weight excluding hydrogens is 346 g/mol. The van der Waals surface area contributed by atoms with E-state index in [1.165, 1.54) is 33.9 Å². The zero-order valence-corrected chi connectivity index (χ0v) is 13.2. The van der Waals surface area contributed by atoms with E-state index in [2.05, 4.69) is 0 Å². The number of halogens is 3. The van der Waals surface area contributed by atoms with E-state index in [0.29, 0.717) is 12.1 Å². The molecule has 1 aromatic carbocycles. The summed E-state index contributed by atoms with van der Waals surface area (Å²) in [6.07, 6.45) is 1.44. The van der Waals surface area contributed by atoms with Gasteiger partial charge in [-0.2, -0.15) is 0 Å². The van der Waals surface area contributed by atoms with Crippen LogP contribution in [-0.2, 0) is 6.54 Å². The minimum Gasteiger partial charge on any atom is -0.503 e. The molecule has 1 amide bonds. The predicted octanol–water partition coefficient (Wildman–Crippen LogP) is 2.74. The molecule has 120 valence electrons. The summed E-state index contributed by atoms with van der Waals surface area (Å²) in [7, 11) is 0. The minimum atomic E-state index is -0.947. The van der Waals surface area contributed by atoms with Gasteiger partial charge in [0.25, 0.3) is 5.91 Å². The molecule has 2 aromatic rings. The topological polar surface area (TPSA) is 62.5 Å². The van der Waals surface area contributed by atoms with Crippen LogP contribution in [0.4, 0.5) is 4.39 Å². The Labute approximate surface area is 140 Å². The molecule has 0 saturated heterocycles. The van der Waals surface area contributed by atoms with E-state index >= 15 is 0 Å². The number of hydrogen-bond acceptors (Lipinski definition) is 3. The second kappa shape index (κ2) is 5.86. The van der Waals surface area contributed by atoms with Crippen LogP contribution in [0.3, 0.4) is 0 Å². The van der Waals surface area contributed by atoms with Crippen molar-refractivity contribution in [3.63, 3.8) is 0 Å². The van der Waals surface area contributed by atoms with Gasteiger partial charge in [0.2, 0.25) is 5.43 Å². The molecule has 1 aromatic heterocycles. The second-order valence-corrected chi connectivity index (χ2v) is 5.90. The quantitative estimate of drug-likeness (QED) is 0.664. The van der Waals surface area contributed by atoms with Crippen molar-refractivity contribution < 1.29 is 14.3 Å². The Morgan fingerprint density at radius 1 is 1.22 bits per heavy atom. The molecule has 1 unspecified atom stereocenters. The number of benzene rings is 1. The van der Waals surface area contributed by atoms with Gasteiger partial charge in [-0.3, -0.25) is 9.59 Å². The number of alkyl halides is 1. The van der Waals surface area contributed by atoms with E-state index in [1.807, 2.05) is 0 Å². The summed E-state index contributed by atoms with van der Waals surface area (Å²) in [6.45, 7) is 0.612. The largest absolute Gasteiger partial charge is 0.503 e. The Morgan fingerprint density at radius 2 is 1.96 bits per heavy atom. The average molecular weight is 357 g/mol. The normalized spacial score (nSPS) is 15.4. The van der Waals surface area contributed by atoms with E-state index in [0.717, 1.165) is 6.07 Å². The van der Waals surface area contributed by atoms with E-state index in [4.69, 9.17) is 23.2 Å². The van der Waals surface area contributed by atoms with E-state index < -0.39 is 28.4 Å². The lowest BCUT2D eigenvalue weighted by Gasteiger charge is -2.33. The van der Waals surface area contributed by atoms with Gasteiger partial charge in [0.15, 0.2) is 11.4 Å². The molecule has 2 heterocycles. The van der Waals surface area contributed by atoms with Crippen LogP contribution in [0.2, 0.25) is 5.02 Å². The lowest BCUT2D eigenvalue weighted by Crippen LogP contribution is -2.42. The molecule has 8 heteroatoms. The fourth-order valence-electron chi connectivity index (χ4n) is 2.48. The summed E-state index contributed by atoms with van der Waals surface area (Å²) < 4.78 is 15.1. The summed E-state index contributed by atoms with van der Waals surface area (Å²) in [4.78, 5) is 25.4. The number of hydrogen-bond donors (Lipinski definition) is 1. The maximum atomic E-state index is 13.6. The summed E-state index contributed by atoms with van der Waals surface area (Å²) >= 11 is 11.9. The van der Waals surface area contributed by atoms with Crippen LogP contribution in [-0.4, -0.2) is 27.0 Å².